The minimum atomic E-state index is -1.03. The van der Waals surface area contributed by atoms with Crippen molar-refractivity contribution in [1.29, 1.82) is 0 Å². The molecule has 2 saturated carbocycles. The number of para-hydroxylation sites is 1. The molecule has 1 N–H and O–H groups in total. The van der Waals surface area contributed by atoms with Crippen molar-refractivity contribution in [2.24, 2.45) is 0 Å². The molecule has 3 aliphatic rings. The van der Waals surface area contributed by atoms with Gasteiger partial charge in [0.25, 0.3) is 5.91 Å². The van der Waals surface area contributed by atoms with E-state index in [1.54, 1.807) is 9.58 Å². The fourth-order valence-corrected chi connectivity index (χ4v) is 5.14. The van der Waals surface area contributed by atoms with Crippen LogP contribution in [0.5, 0.6) is 0 Å². The van der Waals surface area contributed by atoms with Gasteiger partial charge in [-0.2, -0.15) is 5.10 Å². The Bertz CT molecular complexity index is 1000. The third kappa shape index (κ3) is 3.66. The second-order valence-electron chi connectivity index (χ2n) is 9.75. The van der Waals surface area contributed by atoms with E-state index in [2.05, 4.69) is 5.32 Å². The van der Waals surface area contributed by atoms with Gasteiger partial charge < -0.3 is 5.32 Å². The predicted molar refractivity (Wildman–Crippen MR) is 120 cm³/mol. The number of aryl methyl sites for hydroxylation is 1. The lowest BCUT2D eigenvalue weighted by Gasteiger charge is -2.44. The fraction of sp³-hybridized carbons (Fsp3) is 0.560. The van der Waals surface area contributed by atoms with Gasteiger partial charge in [-0.25, -0.2) is 0 Å². The molecule has 6 nitrogen and oxygen atoms in total. The summed E-state index contributed by atoms with van der Waals surface area (Å²) in [6.07, 6.45) is 9.05. The topological polar surface area (TPSA) is 67.2 Å². The van der Waals surface area contributed by atoms with Crippen LogP contribution in [-0.2, 0) is 11.3 Å². The molecular formula is C25H32N4O2. The van der Waals surface area contributed by atoms with Gasteiger partial charge >= 0.3 is 0 Å². The first-order chi connectivity index (χ1) is 15.0. The Morgan fingerprint density at radius 3 is 2.48 bits per heavy atom. The van der Waals surface area contributed by atoms with Crippen molar-refractivity contribution < 1.29 is 9.59 Å². The predicted octanol–water partition coefficient (Wildman–Crippen LogP) is 4.33. The fourth-order valence-electron chi connectivity index (χ4n) is 5.14. The molecule has 6 heteroatoms. The van der Waals surface area contributed by atoms with Crippen LogP contribution in [0.15, 0.2) is 30.3 Å². The maximum absolute atomic E-state index is 13.8. The number of nitrogens with zero attached hydrogens (tertiary/aromatic N) is 3. The Kier molecular flexibility index (Phi) is 5.11. The first kappa shape index (κ1) is 20.3. The van der Waals surface area contributed by atoms with Gasteiger partial charge in [-0.15, -0.1) is 0 Å². The van der Waals surface area contributed by atoms with Crippen molar-refractivity contribution in [3.63, 3.8) is 0 Å². The lowest BCUT2D eigenvalue weighted by atomic mass is 9.92. The van der Waals surface area contributed by atoms with E-state index in [-0.39, 0.29) is 17.9 Å². The molecule has 2 aromatic rings. The summed E-state index contributed by atoms with van der Waals surface area (Å²) in [5.74, 6) is 0.243. The maximum atomic E-state index is 13.8. The number of amides is 2. The van der Waals surface area contributed by atoms with E-state index in [1.165, 1.54) is 12.8 Å². The average Bonchev–Trinajstić information content (AvgIpc) is 3.55. The van der Waals surface area contributed by atoms with Crippen LogP contribution in [-0.4, -0.2) is 33.2 Å². The lowest BCUT2D eigenvalue weighted by molar-refractivity contribution is -0.127. The zero-order chi connectivity index (χ0) is 21.6. The summed E-state index contributed by atoms with van der Waals surface area (Å²) in [6, 6.07) is 9.95. The van der Waals surface area contributed by atoms with Crippen LogP contribution in [0, 0.1) is 6.92 Å². The van der Waals surface area contributed by atoms with Gasteiger partial charge in [-0.3, -0.25) is 19.2 Å². The Labute approximate surface area is 184 Å². The number of fused-ring (bicyclic) bond motifs is 1. The molecule has 2 fully saturated rings. The third-order valence-corrected chi connectivity index (χ3v) is 7.20. The molecule has 1 aromatic heterocycles. The lowest BCUT2D eigenvalue weighted by Crippen LogP contribution is -2.65. The van der Waals surface area contributed by atoms with E-state index < -0.39 is 5.54 Å². The highest BCUT2D eigenvalue weighted by molar-refractivity contribution is 6.12. The van der Waals surface area contributed by atoms with E-state index in [9.17, 15) is 9.59 Å². The molecule has 0 bridgehead atoms. The van der Waals surface area contributed by atoms with Crippen molar-refractivity contribution in [1.82, 2.24) is 15.1 Å². The molecule has 31 heavy (non-hydrogen) atoms. The summed E-state index contributed by atoms with van der Waals surface area (Å²) in [5, 5.41) is 8.05. The Morgan fingerprint density at radius 2 is 1.81 bits per heavy atom. The van der Waals surface area contributed by atoms with Crippen LogP contribution in [0.3, 0.4) is 0 Å². The van der Waals surface area contributed by atoms with Crippen LogP contribution >= 0.6 is 0 Å². The minimum Gasteiger partial charge on any atom is -0.351 e. The molecule has 1 aliphatic heterocycles. The molecule has 2 aliphatic carbocycles. The molecule has 1 aromatic carbocycles. The van der Waals surface area contributed by atoms with E-state index in [4.69, 9.17) is 5.10 Å². The number of anilines is 1. The maximum Gasteiger partial charge on any atom is 0.277 e. The average molecular weight is 421 g/mol. The first-order valence-electron chi connectivity index (χ1n) is 11.8. The van der Waals surface area contributed by atoms with Gasteiger partial charge in [0.05, 0.1) is 12.2 Å². The standard InChI is InChI=1S/C25H32N4O2/c1-17-9-7-8-12-21(17)29-23(30)22-15-20(18-13-14-18)27-28(22)16-25(29,2)24(31)26-19-10-5-3-4-6-11-19/h7-9,12,15,18-19H,3-6,10-11,13-14,16H2,1-2H3,(H,26,31)/t25-/m0/s1. The normalized spacial score (nSPS) is 24.6. The van der Waals surface area contributed by atoms with Gasteiger partial charge in [0, 0.05) is 17.6 Å². The number of hydrogen-bond acceptors (Lipinski definition) is 3. The van der Waals surface area contributed by atoms with E-state index in [0.29, 0.717) is 18.2 Å². The monoisotopic (exact) mass is 420 g/mol. The molecule has 0 radical (unpaired) electrons. The van der Waals surface area contributed by atoms with Gasteiger partial charge in [0.2, 0.25) is 5.91 Å². The zero-order valence-electron chi connectivity index (χ0n) is 18.6. The quantitative estimate of drug-likeness (QED) is 0.749. The summed E-state index contributed by atoms with van der Waals surface area (Å²) in [7, 11) is 0. The molecule has 0 saturated heterocycles. The van der Waals surface area contributed by atoms with Gasteiger partial charge in [0.1, 0.15) is 11.2 Å². The molecule has 1 atom stereocenters. The van der Waals surface area contributed by atoms with Crippen LogP contribution < -0.4 is 10.2 Å². The van der Waals surface area contributed by atoms with Crippen LogP contribution in [0.4, 0.5) is 5.69 Å². The van der Waals surface area contributed by atoms with Crippen LogP contribution in [0.2, 0.25) is 0 Å². The van der Waals surface area contributed by atoms with E-state index in [0.717, 1.165) is 55.5 Å². The van der Waals surface area contributed by atoms with E-state index in [1.807, 2.05) is 44.2 Å². The Balaban J connectivity index is 1.53. The number of carbonyl (C=O) groups is 2. The molecule has 2 amide bonds. The highest BCUT2D eigenvalue weighted by Crippen LogP contribution is 2.41. The van der Waals surface area contributed by atoms with Gasteiger partial charge in [-0.05, 0) is 57.2 Å². The van der Waals surface area contributed by atoms with Crippen molar-refractivity contribution >= 4 is 17.5 Å². The van der Waals surface area contributed by atoms with Crippen LogP contribution in [0.1, 0.15) is 86.0 Å². The molecule has 5 rings (SSSR count). The smallest absolute Gasteiger partial charge is 0.277 e. The molecule has 0 spiro atoms. The number of carbonyl (C=O) groups excluding carboxylic acids is 2. The molecule has 164 valence electrons. The van der Waals surface area contributed by atoms with Gasteiger partial charge in [-0.1, -0.05) is 43.9 Å². The molecule has 0 unspecified atom stereocenters. The Hall–Kier alpha value is -2.63. The second-order valence-corrected chi connectivity index (χ2v) is 9.75. The highest BCUT2D eigenvalue weighted by atomic mass is 16.2. The minimum absolute atomic E-state index is 0.0786. The summed E-state index contributed by atoms with van der Waals surface area (Å²) in [5.41, 5.74) is 2.33. The number of benzene rings is 1. The Morgan fingerprint density at radius 1 is 1.10 bits per heavy atom. The highest BCUT2D eigenvalue weighted by Gasteiger charge is 2.50. The molecule has 2 heterocycles. The molecular weight excluding hydrogens is 388 g/mol. The zero-order valence-corrected chi connectivity index (χ0v) is 18.6. The van der Waals surface area contributed by atoms with Crippen molar-refractivity contribution in [3.05, 3.63) is 47.3 Å². The van der Waals surface area contributed by atoms with E-state index >= 15 is 0 Å². The summed E-state index contributed by atoms with van der Waals surface area (Å²) in [4.78, 5) is 29.3. The van der Waals surface area contributed by atoms with Crippen molar-refractivity contribution in [3.8, 4) is 0 Å². The number of nitrogens with one attached hydrogen (secondary N) is 1. The summed E-state index contributed by atoms with van der Waals surface area (Å²) < 4.78 is 1.78. The number of aromatic nitrogens is 2. The number of hydrogen-bond donors (Lipinski definition) is 1. The van der Waals surface area contributed by atoms with Crippen molar-refractivity contribution in [2.45, 2.75) is 89.3 Å². The largest absolute Gasteiger partial charge is 0.351 e. The third-order valence-electron chi connectivity index (χ3n) is 7.20. The SMILES string of the molecule is Cc1ccccc1N1C(=O)c2cc(C3CC3)nn2C[C@@]1(C)C(=O)NC1CCCCCC1. The van der Waals surface area contributed by atoms with Crippen molar-refractivity contribution in [2.75, 3.05) is 4.90 Å². The first-order valence-corrected chi connectivity index (χ1v) is 11.8. The van der Waals surface area contributed by atoms with Gasteiger partial charge in [0.15, 0.2) is 0 Å². The summed E-state index contributed by atoms with van der Waals surface area (Å²) in [6.45, 7) is 4.26. The van der Waals surface area contributed by atoms with Crippen LogP contribution in [0.25, 0.3) is 0 Å². The second kappa shape index (κ2) is 7.81. The summed E-state index contributed by atoms with van der Waals surface area (Å²) >= 11 is 0. The number of rotatable bonds is 4.